The number of alkyl halides is 1. The topological polar surface area (TPSA) is 188 Å². The van der Waals surface area contributed by atoms with E-state index in [0.29, 0.717) is 6.42 Å². The van der Waals surface area contributed by atoms with Gasteiger partial charge in [0.15, 0.2) is 6.29 Å². The number of aliphatic hydroxyl groups excluding tert-OH is 2. The Kier molecular flexibility index (Phi) is 7.90. The summed E-state index contributed by atoms with van der Waals surface area (Å²) >= 11 is 0. The molecule has 0 aromatic rings. The van der Waals surface area contributed by atoms with Crippen molar-refractivity contribution >= 4 is 0 Å². The third kappa shape index (κ3) is 5.19. The molecule has 1 aliphatic carbocycles. The van der Waals surface area contributed by atoms with Gasteiger partial charge in [0.05, 0.1) is 18.7 Å². The van der Waals surface area contributed by atoms with Gasteiger partial charge in [-0.2, -0.15) is 0 Å². The van der Waals surface area contributed by atoms with Crippen LogP contribution in [-0.4, -0.2) is 102 Å². The second kappa shape index (κ2) is 9.91. The molecule has 31 heavy (non-hydrogen) atoms. The van der Waals surface area contributed by atoms with E-state index in [1.807, 2.05) is 0 Å². The van der Waals surface area contributed by atoms with Crippen LogP contribution >= 0.6 is 0 Å². The van der Waals surface area contributed by atoms with Gasteiger partial charge in [-0.05, 0) is 32.9 Å². The smallest absolute Gasteiger partial charge is 0.215 e. The monoisotopic (exact) mass is 450 g/mol. The third-order valence-electron chi connectivity index (χ3n) is 6.15. The van der Waals surface area contributed by atoms with Crippen molar-refractivity contribution in [3.8, 4) is 0 Å². The van der Waals surface area contributed by atoms with Crippen LogP contribution in [0, 0.1) is 0 Å². The summed E-state index contributed by atoms with van der Waals surface area (Å²) in [6.45, 7) is 0.641. The van der Waals surface area contributed by atoms with Gasteiger partial charge in [0.2, 0.25) is 6.29 Å². The Bertz CT molecular complexity index is 642. The minimum absolute atomic E-state index is 0.0964. The minimum Gasteiger partial charge on any atom is -0.465 e. The molecule has 0 radical (unpaired) electrons. The van der Waals surface area contributed by atoms with Crippen molar-refractivity contribution in [1.82, 2.24) is 5.32 Å². The molecule has 0 spiro atoms. The number of halogens is 1. The maximum absolute atomic E-state index is 13.0. The summed E-state index contributed by atoms with van der Waals surface area (Å²) in [4.78, 5) is 0. The molecule has 0 bridgehead atoms. The average Bonchev–Trinajstić information content (AvgIpc) is 2.71. The second-order valence-electron chi connectivity index (χ2n) is 8.74. The molecule has 0 unspecified atom stereocenters. The van der Waals surface area contributed by atoms with Crippen LogP contribution in [0.4, 0.5) is 4.39 Å². The molecule has 12 heteroatoms. The fourth-order valence-electron chi connectivity index (χ4n) is 4.39. The van der Waals surface area contributed by atoms with Crippen LogP contribution in [0.25, 0.3) is 0 Å². The first-order chi connectivity index (χ1) is 14.6. The molecule has 0 amide bonds. The number of nitrogens with one attached hydrogen (secondary N) is 1. The Hall–Kier alpha value is -0.930. The Morgan fingerprint density at radius 3 is 2.32 bits per heavy atom. The number of hydrogen-bond acceptors (Lipinski definition) is 11. The first kappa shape index (κ1) is 24.7. The predicted octanol–water partition coefficient (Wildman–Crippen LogP) is -2.84. The molecule has 11 atom stereocenters. The predicted molar refractivity (Wildman–Crippen MR) is 107 cm³/mol. The number of allylic oxidation sites excluding steroid dienone is 1. The SMILES string of the molecule is CN[C@@H]1[C@@H](O)[C@@H](O[C@@H]2[C@@H](O)[C@H](O[C@H]3OC(CF)=CC[C@H]3N)[C@@H](N)C[C@H]2N)OC[C@]1(C)O. The standard InChI is InChI=1S/C19H35FN4O7/c1-19(27)7-28-18(13(26)16(19)24-2)31-15-11(23)5-10(22)14(12(15)25)30-17-9(21)4-3-8(6-20)29-17/h3,9-18,24-27H,4-7,21-23H2,1-2H3/t9-,10+,11-,12+,13-,14-,15+,16-,17-,18-,19+/m1/s1. The van der Waals surface area contributed by atoms with E-state index in [1.165, 1.54) is 6.92 Å². The van der Waals surface area contributed by atoms with Crippen LogP contribution in [0.5, 0.6) is 0 Å². The number of likely N-dealkylation sites (N-methyl/N-ethyl adjacent to an activating group) is 1. The molecule has 10 N–H and O–H groups in total. The van der Waals surface area contributed by atoms with Crippen molar-refractivity contribution in [2.75, 3.05) is 20.3 Å². The van der Waals surface area contributed by atoms with Gasteiger partial charge >= 0.3 is 0 Å². The number of ether oxygens (including phenoxy) is 4. The molecule has 11 nitrogen and oxygen atoms in total. The molecular formula is C19H35FN4O7. The van der Waals surface area contributed by atoms with Crippen LogP contribution < -0.4 is 22.5 Å². The molecule has 2 aliphatic heterocycles. The molecule has 0 aromatic carbocycles. The van der Waals surface area contributed by atoms with Crippen molar-refractivity contribution in [3.63, 3.8) is 0 Å². The Labute approximate surface area is 180 Å². The largest absolute Gasteiger partial charge is 0.465 e. The van der Waals surface area contributed by atoms with Gasteiger partial charge in [-0.3, -0.25) is 0 Å². The van der Waals surface area contributed by atoms with Crippen LogP contribution in [0.15, 0.2) is 11.8 Å². The number of hydrogen-bond donors (Lipinski definition) is 7. The van der Waals surface area contributed by atoms with Gasteiger partial charge < -0.3 is 56.8 Å². The lowest BCUT2D eigenvalue weighted by Gasteiger charge is -2.48. The Morgan fingerprint density at radius 2 is 1.74 bits per heavy atom. The summed E-state index contributed by atoms with van der Waals surface area (Å²) in [5.41, 5.74) is 17.0. The molecule has 0 aromatic heterocycles. The fourth-order valence-corrected chi connectivity index (χ4v) is 4.39. The Morgan fingerprint density at radius 1 is 1.13 bits per heavy atom. The molecule has 1 saturated heterocycles. The molecular weight excluding hydrogens is 415 g/mol. The number of aliphatic hydroxyl groups is 3. The van der Waals surface area contributed by atoms with E-state index in [-0.39, 0.29) is 18.8 Å². The van der Waals surface area contributed by atoms with Crippen molar-refractivity contribution in [2.24, 2.45) is 17.2 Å². The molecule has 2 fully saturated rings. The summed E-state index contributed by atoms with van der Waals surface area (Å²) < 4.78 is 35.6. The van der Waals surface area contributed by atoms with Gasteiger partial charge in [0.1, 0.15) is 42.5 Å². The maximum Gasteiger partial charge on any atom is 0.215 e. The van der Waals surface area contributed by atoms with Gasteiger partial charge in [0, 0.05) is 12.1 Å². The number of nitrogens with two attached hydrogens (primary N) is 3. The van der Waals surface area contributed by atoms with Crippen molar-refractivity contribution in [2.45, 2.75) is 86.5 Å². The van der Waals surface area contributed by atoms with E-state index in [1.54, 1.807) is 13.1 Å². The van der Waals surface area contributed by atoms with Gasteiger partial charge in [-0.15, -0.1) is 0 Å². The van der Waals surface area contributed by atoms with E-state index < -0.39 is 73.4 Å². The highest BCUT2D eigenvalue weighted by molar-refractivity contribution is 5.04. The van der Waals surface area contributed by atoms with E-state index >= 15 is 0 Å². The van der Waals surface area contributed by atoms with E-state index in [4.69, 9.17) is 36.1 Å². The highest BCUT2D eigenvalue weighted by Crippen LogP contribution is 2.31. The quantitative estimate of drug-likeness (QED) is 0.221. The minimum atomic E-state index is -1.31. The maximum atomic E-state index is 13.0. The Balaban J connectivity index is 1.69. The average molecular weight is 451 g/mol. The van der Waals surface area contributed by atoms with Gasteiger partial charge in [-0.25, -0.2) is 4.39 Å². The molecule has 1 saturated carbocycles. The van der Waals surface area contributed by atoms with Gasteiger partial charge in [0.25, 0.3) is 0 Å². The summed E-state index contributed by atoms with van der Waals surface area (Å²) in [6, 6.07) is -2.61. The van der Waals surface area contributed by atoms with E-state index in [9.17, 15) is 19.7 Å². The second-order valence-corrected chi connectivity index (χ2v) is 8.74. The van der Waals surface area contributed by atoms with Crippen LogP contribution in [0.1, 0.15) is 19.8 Å². The highest BCUT2D eigenvalue weighted by atomic mass is 19.1. The van der Waals surface area contributed by atoms with Crippen molar-refractivity contribution < 1.29 is 38.7 Å². The fraction of sp³-hybridized carbons (Fsp3) is 0.895. The molecule has 3 rings (SSSR count). The van der Waals surface area contributed by atoms with Gasteiger partial charge in [-0.1, -0.05) is 0 Å². The summed E-state index contributed by atoms with van der Waals surface area (Å²) in [7, 11) is 1.60. The van der Waals surface area contributed by atoms with Crippen LogP contribution in [0.3, 0.4) is 0 Å². The zero-order chi connectivity index (χ0) is 22.9. The normalized spacial score (nSPS) is 48.7. The zero-order valence-corrected chi connectivity index (χ0v) is 17.8. The van der Waals surface area contributed by atoms with Crippen molar-refractivity contribution in [1.29, 1.82) is 0 Å². The van der Waals surface area contributed by atoms with E-state index in [0.717, 1.165) is 0 Å². The molecule has 3 aliphatic rings. The lowest BCUT2D eigenvalue weighted by atomic mass is 9.84. The zero-order valence-electron chi connectivity index (χ0n) is 17.8. The highest BCUT2D eigenvalue weighted by Gasteiger charge is 2.50. The van der Waals surface area contributed by atoms with E-state index in [2.05, 4.69) is 5.32 Å². The van der Waals surface area contributed by atoms with Crippen LogP contribution in [-0.2, 0) is 18.9 Å². The van der Waals surface area contributed by atoms with Crippen molar-refractivity contribution in [3.05, 3.63) is 11.8 Å². The lowest BCUT2D eigenvalue weighted by Crippen LogP contribution is -2.68. The molecule has 2 heterocycles. The summed E-state index contributed by atoms with van der Waals surface area (Å²) in [6.07, 6.45) is -4.44. The summed E-state index contributed by atoms with van der Waals surface area (Å²) in [5, 5.41) is 34.8. The number of rotatable bonds is 6. The van der Waals surface area contributed by atoms with Crippen LogP contribution in [0.2, 0.25) is 0 Å². The first-order valence-corrected chi connectivity index (χ1v) is 10.5. The third-order valence-corrected chi connectivity index (χ3v) is 6.15. The lowest BCUT2D eigenvalue weighted by molar-refractivity contribution is -0.303. The molecule has 180 valence electrons. The first-order valence-electron chi connectivity index (χ1n) is 10.5. The summed E-state index contributed by atoms with van der Waals surface area (Å²) in [5.74, 6) is 0.110.